The Balaban J connectivity index is 3.16. The summed E-state index contributed by atoms with van der Waals surface area (Å²) >= 11 is 5.06. The first-order valence-corrected chi connectivity index (χ1v) is 6.48. The SMILES string of the molecule is CCOc1cccc(C(C(N)=S)N(C)CCO)c1O. The van der Waals surface area contributed by atoms with Crippen molar-refractivity contribution in [1.29, 1.82) is 0 Å². The molecule has 0 fully saturated rings. The lowest BCUT2D eigenvalue weighted by molar-refractivity contribution is 0.205. The van der Waals surface area contributed by atoms with Crippen LogP contribution >= 0.6 is 12.2 Å². The highest BCUT2D eigenvalue weighted by molar-refractivity contribution is 7.80. The van der Waals surface area contributed by atoms with E-state index >= 15 is 0 Å². The predicted molar refractivity (Wildman–Crippen MR) is 78.5 cm³/mol. The molecule has 0 bridgehead atoms. The number of benzene rings is 1. The highest BCUT2D eigenvalue weighted by Gasteiger charge is 2.24. The molecule has 0 saturated carbocycles. The molecule has 0 saturated heterocycles. The molecule has 0 aliphatic heterocycles. The first kappa shape index (κ1) is 15.7. The van der Waals surface area contributed by atoms with E-state index in [1.165, 1.54) is 0 Å². The second kappa shape index (κ2) is 7.28. The van der Waals surface area contributed by atoms with Gasteiger partial charge >= 0.3 is 0 Å². The molecule has 106 valence electrons. The van der Waals surface area contributed by atoms with Gasteiger partial charge in [-0.05, 0) is 20.0 Å². The Bertz CT molecular complexity index is 440. The number of hydrogen-bond acceptors (Lipinski definition) is 5. The normalized spacial score (nSPS) is 12.4. The number of hydrogen-bond donors (Lipinski definition) is 3. The minimum Gasteiger partial charge on any atom is -0.504 e. The average Bonchev–Trinajstić information content (AvgIpc) is 2.34. The third kappa shape index (κ3) is 3.79. The van der Waals surface area contributed by atoms with Gasteiger partial charge in [-0.1, -0.05) is 24.4 Å². The number of ether oxygens (including phenoxy) is 1. The molecule has 0 heterocycles. The van der Waals surface area contributed by atoms with Gasteiger partial charge in [0.05, 0.1) is 24.2 Å². The topological polar surface area (TPSA) is 79.0 Å². The molecular formula is C13H20N2O3S. The number of aliphatic hydroxyl groups excluding tert-OH is 1. The second-order valence-electron chi connectivity index (χ2n) is 4.14. The molecule has 1 unspecified atom stereocenters. The third-order valence-corrected chi connectivity index (χ3v) is 3.01. The molecule has 0 spiro atoms. The number of nitrogens with zero attached hydrogens (tertiary/aromatic N) is 1. The van der Waals surface area contributed by atoms with Crippen LogP contribution in [0.2, 0.25) is 0 Å². The van der Waals surface area contributed by atoms with Gasteiger partial charge in [0.2, 0.25) is 0 Å². The Morgan fingerprint density at radius 3 is 2.74 bits per heavy atom. The van der Waals surface area contributed by atoms with Gasteiger partial charge in [-0.15, -0.1) is 0 Å². The van der Waals surface area contributed by atoms with E-state index in [0.29, 0.717) is 24.5 Å². The summed E-state index contributed by atoms with van der Waals surface area (Å²) in [5.74, 6) is 0.436. The average molecular weight is 284 g/mol. The Hall–Kier alpha value is -1.37. The van der Waals surface area contributed by atoms with Crippen LogP contribution in [-0.4, -0.2) is 46.9 Å². The Kier molecular flexibility index (Phi) is 6.01. The third-order valence-electron chi connectivity index (χ3n) is 2.79. The summed E-state index contributed by atoms with van der Waals surface area (Å²) in [6, 6.07) is 4.76. The van der Waals surface area contributed by atoms with Crippen LogP contribution in [0.15, 0.2) is 18.2 Å². The van der Waals surface area contributed by atoms with Crippen molar-refractivity contribution in [3.05, 3.63) is 23.8 Å². The fourth-order valence-corrected chi connectivity index (χ4v) is 2.23. The van der Waals surface area contributed by atoms with E-state index in [1.807, 2.05) is 6.92 Å². The zero-order valence-electron chi connectivity index (χ0n) is 11.2. The molecule has 5 nitrogen and oxygen atoms in total. The fraction of sp³-hybridized carbons (Fsp3) is 0.462. The van der Waals surface area contributed by atoms with Crippen LogP contribution < -0.4 is 10.5 Å². The number of nitrogens with two attached hydrogens (primary N) is 1. The molecule has 4 N–H and O–H groups in total. The van der Waals surface area contributed by atoms with Gasteiger partial charge in [0.25, 0.3) is 0 Å². The van der Waals surface area contributed by atoms with Crippen molar-refractivity contribution in [2.24, 2.45) is 5.73 Å². The molecule has 1 aromatic rings. The van der Waals surface area contributed by atoms with Crippen molar-refractivity contribution in [1.82, 2.24) is 4.90 Å². The summed E-state index contributed by atoms with van der Waals surface area (Å²) < 4.78 is 5.34. The summed E-state index contributed by atoms with van der Waals surface area (Å²) in [6.07, 6.45) is 0. The minimum absolute atomic E-state index is 0.0124. The maximum atomic E-state index is 10.2. The molecule has 1 atom stereocenters. The van der Waals surface area contributed by atoms with Crippen LogP contribution in [0.1, 0.15) is 18.5 Å². The number of rotatable bonds is 7. The van der Waals surface area contributed by atoms with Gasteiger partial charge in [0, 0.05) is 12.1 Å². The van der Waals surface area contributed by atoms with Crippen LogP contribution in [0, 0.1) is 0 Å². The zero-order chi connectivity index (χ0) is 14.4. The summed E-state index contributed by atoms with van der Waals surface area (Å²) in [4.78, 5) is 2.02. The standard InChI is InChI=1S/C13H20N2O3S/c1-3-18-10-6-4-5-9(12(10)17)11(13(14)19)15(2)7-8-16/h4-6,11,16-17H,3,7-8H2,1-2H3,(H2,14,19). The largest absolute Gasteiger partial charge is 0.504 e. The van der Waals surface area contributed by atoms with Gasteiger partial charge in [-0.25, -0.2) is 0 Å². The van der Waals surface area contributed by atoms with Gasteiger partial charge in [0.15, 0.2) is 11.5 Å². The molecule has 0 aliphatic rings. The number of aliphatic hydroxyl groups is 1. The lowest BCUT2D eigenvalue weighted by Crippen LogP contribution is -2.35. The van der Waals surface area contributed by atoms with E-state index in [-0.39, 0.29) is 17.3 Å². The zero-order valence-corrected chi connectivity index (χ0v) is 12.0. The van der Waals surface area contributed by atoms with Crippen molar-refractivity contribution >= 4 is 17.2 Å². The molecule has 1 rings (SSSR count). The number of likely N-dealkylation sites (N-methyl/N-ethyl adjacent to an activating group) is 1. The van der Waals surface area contributed by atoms with Gasteiger partial charge in [0.1, 0.15) is 0 Å². The molecule has 0 aromatic heterocycles. The van der Waals surface area contributed by atoms with E-state index in [1.54, 1.807) is 30.1 Å². The van der Waals surface area contributed by atoms with E-state index < -0.39 is 6.04 Å². The van der Waals surface area contributed by atoms with Crippen LogP contribution in [0.5, 0.6) is 11.5 Å². The first-order chi connectivity index (χ1) is 9.02. The molecular weight excluding hydrogens is 264 g/mol. The minimum atomic E-state index is -0.442. The summed E-state index contributed by atoms with van der Waals surface area (Å²) in [7, 11) is 1.78. The Morgan fingerprint density at radius 2 is 2.21 bits per heavy atom. The van der Waals surface area contributed by atoms with Crippen molar-refractivity contribution in [3.8, 4) is 11.5 Å². The lowest BCUT2D eigenvalue weighted by Gasteiger charge is -2.27. The number of phenols is 1. The number of phenolic OH excluding ortho intramolecular Hbond substituents is 1. The monoisotopic (exact) mass is 284 g/mol. The Morgan fingerprint density at radius 1 is 1.53 bits per heavy atom. The van der Waals surface area contributed by atoms with Gasteiger partial charge in [-0.2, -0.15) is 0 Å². The van der Waals surface area contributed by atoms with Crippen LogP contribution in [0.3, 0.4) is 0 Å². The van der Waals surface area contributed by atoms with Gasteiger partial charge in [-0.3, -0.25) is 4.90 Å². The predicted octanol–water partition coefficient (Wildman–Crippen LogP) is 1.04. The maximum Gasteiger partial charge on any atom is 0.162 e. The number of aromatic hydroxyl groups is 1. The molecule has 0 amide bonds. The number of para-hydroxylation sites is 1. The highest BCUT2D eigenvalue weighted by Crippen LogP contribution is 2.35. The Labute approximate surface area is 118 Å². The molecule has 1 aromatic carbocycles. The van der Waals surface area contributed by atoms with Crippen LogP contribution in [0.25, 0.3) is 0 Å². The summed E-state index contributed by atoms with van der Waals surface area (Å²) in [6.45, 7) is 2.69. The quantitative estimate of drug-likeness (QED) is 0.649. The maximum absolute atomic E-state index is 10.2. The lowest BCUT2D eigenvalue weighted by atomic mass is 10.0. The molecule has 6 heteroatoms. The van der Waals surface area contributed by atoms with Crippen LogP contribution in [0.4, 0.5) is 0 Å². The van der Waals surface area contributed by atoms with E-state index in [4.69, 9.17) is 27.8 Å². The summed E-state index contributed by atoms with van der Waals surface area (Å²) in [5.41, 5.74) is 6.33. The molecule has 0 aliphatic carbocycles. The molecule has 0 radical (unpaired) electrons. The van der Waals surface area contributed by atoms with Crippen molar-refractivity contribution < 1.29 is 14.9 Å². The molecule has 19 heavy (non-hydrogen) atoms. The highest BCUT2D eigenvalue weighted by atomic mass is 32.1. The summed E-state index contributed by atoms with van der Waals surface area (Å²) in [5, 5.41) is 19.2. The van der Waals surface area contributed by atoms with Gasteiger partial charge < -0.3 is 20.7 Å². The van der Waals surface area contributed by atoms with Crippen molar-refractivity contribution in [3.63, 3.8) is 0 Å². The van der Waals surface area contributed by atoms with E-state index in [0.717, 1.165) is 0 Å². The second-order valence-corrected chi connectivity index (χ2v) is 4.61. The number of thiocarbonyl (C=S) groups is 1. The fourth-order valence-electron chi connectivity index (χ4n) is 1.93. The smallest absolute Gasteiger partial charge is 0.162 e. The van der Waals surface area contributed by atoms with E-state index in [9.17, 15) is 5.11 Å². The van der Waals surface area contributed by atoms with E-state index in [2.05, 4.69) is 0 Å². The van der Waals surface area contributed by atoms with Crippen molar-refractivity contribution in [2.75, 3.05) is 26.8 Å². The van der Waals surface area contributed by atoms with Crippen molar-refractivity contribution in [2.45, 2.75) is 13.0 Å². The van der Waals surface area contributed by atoms with Crippen LogP contribution in [-0.2, 0) is 0 Å². The first-order valence-electron chi connectivity index (χ1n) is 6.08.